The first kappa shape index (κ1) is 13.3. The minimum atomic E-state index is 0.251. The Labute approximate surface area is 112 Å². The SMILES string of the molecule is COc1c(CN=C(N)NC(C)C)oc2ccccc12. The lowest BCUT2D eigenvalue weighted by Crippen LogP contribution is -2.36. The smallest absolute Gasteiger partial charge is 0.189 e. The van der Waals surface area contributed by atoms with E-state index in [0.717, 1.165) is 16.7 Å². The van der Waals surface area contributed by atoms with Crippen LogP contribution in [0.5, 0.6) is 5.75 Å². The van der Waals surface area contributed by atoms with E-state index in [1.165, 1.54) is 0 Å². The van der Waals surface area contributed by atoms with Gasteiger partial charge < -0.3 is 20.2 Å². The lowest BCUT2D eigenvalue weighted by Gasteiger charge is -2.08. The summed E-state index contributed by atoms with van der Waals surface area (Å²) < 4.78 is 11.1. The van der Waals surface area contributed by atoms with E-state index in [9.17, 15) is 0 Å². The fraction of sp³-hybridized carbons (Fsp3) is 0.357. The normalized spacial score (nSPS) is 12.1. The van der Waals surface area contributed by atoms with Gasteiger partial charge in [0.2, 0.25) is 0 Å². The summed E-state index contributed by atoms with van der Waals surface area (Å²) in [5.41, 5.74) is 6.56. The number of nitrogens with zero attached hydrogens (tertiary/aromatic N) is 1. The van der Waals surface area contributed by atoms with Crippen molar-refractivity contribution in [3.05, 3.63) is 30.0 Å². The van der Waals surface area contributed by atoms with Crippen molar-refractivity contribution in [2.75, 3.05) is 7.11 Å². The predicted molar refractivity (Wildman–Crippen MR) is 76.4 cm³/mol. The van der Waals surface area contributed by atoms with Gasteiger partial charge in [-0.3, -0.25) is 0 Å². The van der Waals surface area contributed by atoms with Crippen LogP contribution >= 0.6 is 0 Å². The molecule has 2 rings (SSSR count). The monoisotopic (exact) mass is 261 g/mol. The van der Waals surface area contributed by atoms with Gasteiger partial charge in [-0.1, -0.05) is 12.1 Å². The van der Waals surface area contributed by atoms with Crippen molar-refractivity contribution >= 4 is 16.9 Å². The Bertz CT molecular complexity index is 587. The minimum absolute atomic E-state index is 0.251. The Kier molecular flexibility index (Phi) is 3.94. The quantitative estimate of drug-likeness (QED) is 0.654. The number of fused-ring (bicyclic) bond motifs is 1. The molecule has 0 unspecified atom stereocenters. The van der Waals surface area contributed by atoms with Gasteiger partial charge in [-0.05, 0) is 26.0 Å². The zero-order valence-corrected chi connectivity index (χ0v) is 11.4. The number of rotatable bonds is 4. The van der Waals surface area contributed by atoms with Crippen molar-refractivity contribution in [1.29, 1.82) is 0 Å². The number of guanidine groups is 1. The molecule has 0 saturated heterocycles. The molecule has 0 aliphatic heterocycles. The molecule has 3 N–H and O–H groups in total. The molecule has 0 fully saturated rings. The second-order valence-electron chi connectivity index (χ2n) is 4.56. The molecule has 102 valence electrons. The van der Waals surface area contributed by atoms with Crippen LogP contribution in [0.1, 0.15) is 19.6 Å². The number of benzene rings is 1. The Balaban J connectivity index is 2.25. The van der Waals surface area contributed by atoms with Crippen molar-refractivity contribution in [3.63, 3.8) is 0 Å². The molecular weight excluding hydrogens is 242 g/mol. The summed E-state index contributed by atoms with van der Waals surface area (Å²) in [6.45, 7) is 4.36. The van der Waals surface area contributed by atoms with E-state index in [1.807, 2.05) is 38.1 Å². The van der Waals surface area contributed by atoms with E-state index in [0.29, 0.717) is 18.3 Å². The summed E-state index contributed by atoms with van der Waals surface area (Å²) in [6.07, 6.45) is 0. The van der Waals surface area contributed by atoms with Gasteiger partial charge >= 0.3 is 0 Å². The summed E-state index contributed by atoms with van der Waals surface area (Å²) in [5.74, 6) is 1.80. The van der Waals surface area contributed by atoms with Gasteiger partial charge in [-0.25, -0.2) is 4.99 Å². The number of aliphatic imine (C=N–C) groups is 1. The molecule has 0 aliphatic rings. The zero-order chi connectivity index (χ0) is 13.8. The Morgan fingerprint density at radius 2 is 2.16 bits per heavy atom. The Morgan fingerprint density at radius 1 is 1.42 bits per heavy atom. The number of hydrogen-bond acceptors (Lipinski definition) is 3. The molecule has 0 atom stereocenters. The van der Waals surface area contributed by atoms with E-state index in [4.69, 9.17) is 14.9 Å². The summed E-state index contributed by atoms with van der Waals surface area (Å²) in [6, 6.07) is 7.98. The van der Waals surface area contributed by atoms with E-state index in [1.54, 1.807) is 7.11 Å². The third-order valence-corrected chi connectivity index (χ3v) is 2.65. The highest BCUT2D eigenvalue weighted by Crippen LogP contribution is 2.33. The van der Waals surface area contributed by atoms with Crippen molar-refractivity contribution < 1.29 is 9.15 Å². The van der Waals surface area contributed by atoms with E-state index >= 15 is 0 Å². The van der Waals surface area contributed by atoms with Crippen LogP contribution < -0.4 is 15.8 Å². The van der Waals surface area contributed by atoms with Gasteiger partial charge in [0.05, 0.1) is 12.5 Å². The first-order valence-electron chi connectivity index (χ1n) is 6.22. The average molecular weight is 261 g/mol. The lowest BCUT2D eigenvalue weighted by molar-refractivity contribution is 0.397. The highest BCUT2D eigenvalue weighted by atomic mass is 16.5. The van der Waals surface area contributed by atoms with E-state index < -0.39 is 0 Å². The maximum Gasteiger partial charge on any atom is 0.189 e. The molecule has 5 heteroatoms. The lowest BCUT2D eigenvalue weighted by atomic mass is 10.2. The molecule has 0 aliphatic carbocycles. The molecule has 0 spiro atoms. The summed E-state index contributed by atoms with van der Waals surface area (Å²) in [4.78, 5) is 4.25. The number of nitrogens with one attached hydrogen (secondary N) is 1. The van der Waals surface area contributed by atoms with Crippen LogP contribution in [0.2, 0.25) is 0 Å². The fourth-order valence-electron chi connectivity index (χ4n) is 1.90. The van der Waals surface area contributed by atoms with Crippen molar-refractivity contribution in [2.45, 2.75) is 26.4 Å². The summed E-state index contributed by atoms with van der Waals surface area (Å²) in [5, 5.41) is 3.98. The maximum absolute atomic E-state index is 5.76. The number of nitrogens with two attached hydrogens (primary N) is 1. The molecule has 0 saturated carbocycles. The van der Waals surface area contributed by atoms with E-state index in [-0.39, 0.29) is 6.04 Å². The number of methoxy groups -OCH3 is 1. The fourth-order valence-corrected chi connectivity index (χ4v) is 1.90. The maximum atomic E-state index is 5.76. The number of para-hydroxylation sites is 1. The highest BCUT2D eigenvalue weighted by molar-refractivity contribution is 5.85. The van der Waals surface area contributed by atoms with Gasteiger partial charge in [0.25, 0.3) is 0 Å². The topological polar surface area (TPSA) is 72.8 Å². The van der Waals surface area contributed by atoms with Crippen LogP contribution in [0.25, 0.3) is 11.0 Å². The Morgan fingerprint density at radius 3 is 2.84 bits per heavy atom. The zero-order valence-electron chi connectivity index (χ0n) is 11.4. The van der Waals surface area contributed by atoms with Crippen molar-refractivity contribution in [3.8, 4) is 5.75 Å². The first-order chi connectivity index (χ1) is 9.11. The first-order valence-corrected chi connectivity index (χ1v) is 6.22. The van der Waals surface area contributed by atoms with Gasteiger partial charge in [0, 0.05) is 6.04 Å². The molecule has 19 heavy (non-hydrogen) atoms. The molecule has 1 aromatic carbocycles. The predicted octanol–water partition coefficient (Wildman–Crippen LogP) is 2.25. The van der Waals surface area contributed by atoms with Crippen LogP contribution in [0.15, 0.2) is 33.7 Å². The van der Waals surface area contributed by atoms with Gasteiger partial charge in [0.1, 0.15) is 12.1 Å². The van der Waals surface area contributed by atoms with Crippen molar-refractivity contribution in [1.82, 2.24) is 5.32 Å². The summed E-state index contributed by atoms with van der Waals surface area (Å²) in [7, 11) is 1.63. The number of furan rings is 1. The Hall–Kier alpha value is -2.17. The minimum Gasteiger partial charge on any atom is -0.492 e. The molecule has 2 aromatic rings. The molecule has 0 bridgehead atoms. The molecule has 0 amide bonds. The van der Waals surface area contributed by atoms with E-state index in [2.05, 4.69) is 10.3 Å². The van der Waals surface area contributed by atoms with Crippen molar-refractivity contribution in [2.24, 2.45) is 10.7 Å². The van der Waals surface area contributed by atoms with Crippen LogP contribution in [0, 0.1) is 0 Å². The molecule has 1 heterocycles. The number of ether oxygens (including phenoxy) is 1. The van der Waals surface area contributed by atoms with Gasteiger partial charge in [0.15, 0.2) is 17.5 Å². The third kappa shape index (κ3) is 2.99. The standard InChI is InChI=1S/C14H19N3O2/c1-9(2)17-14(15)16-8-12-13(18-3)10-6-4-5-7-11(10)19-12/h4-7,9H,8H2,1-3H3,(H3,15,16,17). The van der Waals surface area contributed by atoms with Crippen LogP contribution in [-0.2, 0) is 6.54 Å². The van der Waals surface area contributed by atoms with Crippen LogP contribution in [0.3, 0.4) is 0 Å². The van der Waals surface area contributed by atoms with Gasteiger partial charge in [-0.2, -0.15) is 0 Å². The van der Waals surface area contributed by atoms with Crippen LogP contribution in [-0.4, -0.2) is 19.1 Å². The van der Waals surface area contributed by atoms with Crippen LogP contribution in [0.4, 0.5) is 0 Å². The molecule has 0 radical (unpaired) electrons. The highest BCUT2D eigenvalue weighted by Gasteiger charge is 2.13. The molecular formula is C14H19N3O2. The second kappa shape index (κ2) is 5.65. The second-order valence-corrected chi connectivity index (χ2v) is 4.56. The molecule has 1 aromatic heterocycles. The largest absolute Gasteiger partial charge is 0.492 e. The summed E-state index contributed by atoms with van der Waals surface area (Å²) >= 11 is 0. The molecule has 5 nitrogen and oxygen atoms in total. The average Bonchev–Trinajstić information content (AvgIpc) is 2.73. The van der Waals surface area contributed by atoms with Gasteiger partial charge in [-0.15, -0.1) is 0 Å². The number of hydrogen-bond donors (Lipinski definition) is 2. The third-order valence-electron chi connectivity index (χ3n) is 2.65.